The van der Waals surface area contributed by atoms with Gasteiger partial charge in [0.2, 0.25) is 11.9 Å². The van der Waals surface area contributed by atoms with Crippen molar-refractivity contribution < 1.29 is 29.7 Å². The minimum Gasteiger partial charge on any atom is -0.478 e. The lowest BCUT2D eigenvalue weighted by atomic mass is 9.91. The van der Waals surface area contributed by atoms with Gasteiger partial charge in [-0.25, -0.2) is 14.4 Å². The third-order valence-corrected chi connectivity index (χ3v) is 9.22. The Morgan fingerprint density at radius 3 is 1.96 bits per heavy atom. The Morgan fingerprint density at radius 1 is 0.865 bits per heavy atom. The highest BCUT2D eigenvalue weighted by atomic mass is 32.2. The molecular formula is C32H34N12O6S2. The largest absolute Gasteiger partial charge is 0.478 e. The van der Waals surface area contributed by atoms with Gasteiger partial charge in [0, 0.05) is 22.5 Å². The lowest BCUT2D eigenvalue weighted by Gasteiger charge is -2.15. The highest BCUT2D eigenvalue weighted by Gasteiger charge is 2.28. The van der Waals surface area contributed by atoms with Gasteiger partial charge in [0.1, 0.15) is 0 Å². The molecule has 52 heavy (non-hydrogen) atoms. The molecule has 3 aromatic heterocycles. The summed E-state index contributed by atoms with van der Waals surface area (Å²) in [6.45, 7) is 11.7. The molecule has 20 heteroatoms. The number of anilines is 5. The van der Waals surface area contributed by atoms with E-state index in [9.17, 15) is 29.7 Å². The zero-order chi connectivity index (χ0) is 37.9. The van der Waals surface area contributed by atoms with Gasteiger partial charge in [-0.05, 0) is 54.8 Å². The molecule has 0 saturated carbocycles. The van der Waals surface area contributed by atoms with Gasteiger partial charge < -0.3 is 31.7 Å². The number of thioether (sulfide) groups is 1. The van der Waals surface area contributed by atoms with E-state index in [0.717, 1.165) is 16.2 Å². The smallest absolute Gasteiger partial charge is 0.335 e. The molecule has 0 unspecified atom stereocenters. The highest BCUT2D eigenvalue weighted by molar-refractivity contribution is 8.01. The molecule has 5 aromatic rings. The average Bonchev–Trinajstić information content (AvgIpc) is 3.65. The number of aryl methyl sites for hydroxylation is 1. The minimum absolute atomic E-state index is 0.0143. The zero-order valence-corrected chi connectivity index (χ0v) is 30.4. The van der Waals surface area contributed by atoms with Crippen LogP contribution in [0.25, 0.3) is 5.95 Å². The number of hydrogen-bond acceptors (Lipinski definition) is 16. The summed E-state index contributed by atoms with van der Waals surface area (Å²) in [4.78, 5) is 48.6. The van der Waals surface area contributed by atoms with E-state index in [0.29, 0.717) is 28.0 Å². The zero-order valence-electron chi connectivity index (χ0n) is 28.7. The Labute approximate surface area is 304 Å². The van der Waals surface area contributed by atoms with Crippen molar-refractivity contribution >= 4 is 80.9 Å². The average molecular weight is 747 g/mol. The van der Waals surface area contributed by atoms with Crippen LogP contribution in [0.15, 0.2) is 51.0 Å². The summed E-state index contributed by atoms with van der Waals surface area (Å²) >= 11 is 2.86. The van der Waals surface area contributed by atoms with Crippen molar-refractivity contribution in [3.8, 4) is 5.95 Å². The van der Waals surface area contributed by atoms with Gasteiger partial charge in [-0.2, -0.15) is 24.7 Å². The number of aromatic carboxylic acids is 3. The van der Waals surface area contributed by atoms with Gasteiger partial charge in [0.05, 0.1) is 22.4 Å². The van der Waals surface area contributed by atoms with Crippen LogP contribution >= 0.6 is 23.1 Å². The van der Waals surface area contributed by atoms with E-state index >= 15 is 0 Å². The first kappa shape index (κ1) is 37.2. The number of hydrogen-bond donors (Lipinski definition) is 6. The second-order valence-electron chi connectivity index (χ2n) is 12.8. The topological polar surface area (TPSA) is 269 Å². The van der Waals surface area contributed by atoms with Crippen LogP contribution in [0.5, 0.6) is 0 Å². The van der Waals surface area contributed by atoms with E-state index in [1.165, 1.54) is 40.3 Å². The quantitative estimate of drug-likeness (QED) is 0.0531. The molecule has 5 rings (SSSR count). The lowest BCUT2D eigenvalue weighted by molar-refractivity contribution is 0.0682. The number of nitrogens with one attached hydrogen (secondary N) is 2. The molecule has 0 radical (unpaired) electrons. The fourth-order valence-corrected chi connectivity index (χ4v) is 6.21. The molecular weight excluding hydrogens is 713 g/mol. The second kappa shape index (κ2) is 15.1. The normalized spacial score (nSPS) is 11.7. The van der Waals surface area contributed by atoms with Gasteiger partial charge in [0.25, 0.3) is 11.1 Å². The van der Waals surface area contributed by atoms with Crippen molar-refractivity contribution in [1.29, 1.82) is 0 Å². The van der Waals surface area contributed by atoms with Gasteiger partial charge in [-0.3, -0.25) is 0 Å². The third kappa shape index (κ3) is 9.01. The SMILES string of the molecule is Cc1cc(Nc2nc(Nc3cc(C(=O)O)cc(C(=O)O)c3)nc(-n3nc(C(C)(C)C)c(N=Nc4nnc(SCC(C)C)s4)c3N)n2)cc(C(=O)O)c1. The predicted octanol–water partition coefficient (Wildman–Crippen LogP) is 6.84. The number of benzene rings is 2. The maximum absolute atomic E-state index is 11.8. The minimum atomic E-state index is -1.35. The molecule has 0 bridgehead atoms. The van der Waals surface area contributed by atoms with Crippen LogP contribution in [0.1, 0.15) is 77.0 Å². The maximum atomic E-state index is 11.8. The van der Waals surface area contributed by atoms with Crippen LogP contribution in [-0.4, -0.2) is 73.9 Å². The number of carboxylic acids is 3. The first-order valence-electron chi connectivity index (χ1n) is 15.5. The molecule has 0 amide bonds. The Balaban J connectivity index is 1.62. The van der Waals surface area contributed by atoms with Crippen molar-refractivity contribution in [3.63, 3.8) is 0 Å². The maximum Gasteiger partial charge on any atom is 0.335 e. The number of nitrogens with zero attached hydrogens (tertiary/aromatic N) is 9. The van der Waals surface area contributed by atoms with Crippen molar-refractivity contribution in [3.05, 3.63) is 64.3 Å². The standard InChI is InChI=1S/C32H34N12O6S2/c1-14(2)13-51-31-42-41-30(52-31)40-39-21-22(32(4,5)6)43-44(23(21)33)29-37-27(34-19-8-15(3)7-16(10-19)24(45)46)36-28(38-29)35-20-11-17(25(47)48)9-18(12-20)26(49)50/h7-12,14H,13,33H2,1-6H3,(H,45,46)(H,47,48)(H,49,50)(H2,34,35,36,37,38). The number of nitrogen functional groups attached to an aromatic ring is 1. The molecule has 270 valence electrons. The molecule has 0 saturated heterocycles. The van der Waals surface area contributed by atoms with Crippen molar-refractivity contribution in [2.24, 2.45) is 16.1 Å². The van der Waals surface area contributed by atoms with Crippen molar-refractivity contribution in [2.45, 2.75) is 51.3 Å². The Morgan fingerprint density at radius 2 is 1.42 bits per heavy atom. The third-order valence-electron chi connectivity index (χ3n) is 6.85. The van der Waals surface area contributed by atoms with Crippen LogP contribution in [0.3, 0.4) is 0 Å². The lowest BCUT2D eigenvalue weighted by Crippen LogP contribution is -2.15. The molecule has 18 nitrogen and oxygen atoms in total. The summed E-state index contributed by atoms with van der Waals surface area (Å²) in [6, 6.07) is 8.00. The Bertz CT molecular complexity index is 2180. The predicted molar refractivity (Wildman–Crippen MR) is 195 cm³/mol. The summed E-state index contributed by atoms with van der Waals surface area (Å²) < 4.78 is 1.98. The van der Waals surface area contributed by atoms with Crippen LogP contribution in [0, 0.1) is 12.8 Å². The number of carboxylic acid groups (broad SMARTS) is 3. The van der Waals surface area contributed by atoms with Gasteiger partial charge in [-0.1, -0.05) is 57.7 Å². The molecule has 2 aromatic carbocycles. The van der Waals surface area contributed by atoms with Crippen LogP contribution in [0.2, 0.25) is 0 Å². The second-order valence-corrected chi connectivity index (χ2v) is 15.1. The monoisotopic (exact) mass is 746 g/mol. The summed E-state index contributed by atoms with van der Waals surface area (Å²) in [5, 5.41) is 56.6. The van der Waals surface area contributed by atoms with Crippen molar-refractivity contribution in [2.75, 3.05) is 22.1 Å². The Hall–Kier alpha value is -6.02. The number of azo groups is 1. The summed E-state index contributed by atoms with van der Waals surface area (Å²) in [5.41, 5.74) is 7.18. The van der Waals surface area contributed by atoms with E-state index in [4.69, 9.17) is 10.8 Å². The van der Waals surface area contributed by atoms with Gasteiger partial charge in [-0.15, -0.1) is 20.4 Å². The first-order valence-corrected chi connectivity index (χ1v) is 17.3. The number of aromatic nitrogens is 7. The summed E-state index contributed by atoms with van der Waals surface area (Å²) in [6.07, 6.45) is 0. The molecule has 0 aliphatic carbocycles. The first-order chi connectivity index (χ1) is 24.5. The van der Waals surface area contributed by atoms with Gasteiger partial charge >= 0.3 is 17.9 Å². The van der Waals surface area contributed by atoms with E-state index in [2.05, 4.69) is 59.9 Å². The van der Waals surface area contributed by atoms with Crippen molar-refractivity contribution in [1.82, 2.24) is 34.9 Å². The summed E-state index contributed by atoms with van der Waals surface area (Å²) in [5.74, 6) is -2.85. The molecule has 3 heterocycles. The molecule has 0 atom stereocenters. The fourth-order valence-electron chi connectivity index (χ4n) is 4.57. The van der Waals surface area contributed by atoms with E-state index in [-0.39, 0.29) is 51.7 Å². The van der Waals surface area contributed by atoms with E-state index < -0.39 is 23.3 Å². The highest BCUT2D eigenvalue weighted by Crippen LogP contribution is 2.38. The van der Waals surface area contributed by atoms with Crippen LogP contribution < -0.4 is 16.4 Å². The van der Waals surface area contributed by atoms with E-state index in [1.54, 1.807) is 24.8 Å². The molecule has 0 aliphatic heterocycles. The Kier molecular flexibility index (Phi) is 10.8. The van der Waals surface area contributed by atoms with Crippen LogP contribution in [0.4, 0.5) is 39.9 Å². The van der Waals surface area contributed by atoms with Gasteiger partial charge in [0.15, 0.2) is 15.8 Å². The van der Waals surface area contributed by atoms with E-state index in [1.807, 2.05) is 20.8 Å². The fraction of sp³-hybridized carbons (Fsp3) is 0.281. The molecule has 7 N–H and O–H groups in total. The molecule has 0 spiro atoms. The number of rotatable bonds is 13. The molecule has 0 fully saturated rings. The number of carbonyl (C=O) groups is 3. The molecule has 0 aliphatic rings. The van der Waals surface area contributed by atoms with Crippen LogP contribution in [-0.2, 0) is 5.41 Å². The number of nitrogens with two attached hydrogens (primary N) is 1. The summed E-state index contributed by atoms with van der Waals surface area (Å²) in [7, 11) is 0.